The third-order valence-corrected chi connectivity index (χ3v) is 14.6. The number of halogens is 4. The van der Waals surface area contributed by atoms with E-state index in [1.54, 1.807) is 0 Å². The van der Waals surface area contributed by atoms with Crippen molar-refractivity contribution in [1.82, 2.24) is 0 Å². The lowest BCUT2D eigenvalue weighted by Crippen LogP contribution is -1.91. The van der Waals surface area contributed by atoms with Gasteiger partial charge in [-0.25, -0.2) is 0 Å². The molecule has 0 atom stereocenters. The van der Waals surface area contributed by atoms with Crippen molar-refractivity contribution in [3.63, 3.8) is 0 Å². The summed E-state index contributed by atoms with van der Waals surface area (Å²) in [7, 11) is 0. The summed E-state index contributed by atoms with van der Waals surface area (Å²) in [5.41, 5.74) is 9.56. The average Bonchev–Trinajstić information content (AvgIpc) is 3.83. The van der Waals surface area contributed by atoms with E-state index in [9.17, 15) is 0 Å². The van der Waals surface area contributed by atoms with E-state index in [1.165, 1.54) is 61.3 Å². The van der Waals surface area contributed by atoms with E-state index in [0.717, 1.165) is 40.1 Å². The first kappa shape index (κ1) is 32.9. The van der Waals surface area contributed by atoms with E-state index < -0.39 is 0 Å². The molecule has 4 heterocycles. The highest BCUT2D eigenvalue weighted by molar-refractivity contribution is 9.11. The minimum Gasteiger partial charge on any atom is -0.141 e. The normalized spacial score (nSPS) is 11.5. The van der Waals surface area contributed by atoms with Gasteiger partial charge in [0.05, 0.1) is 0 Å². The highest BCUT2D eigenvalue weighted by atomic mass is 79.9. The van der Waals surface area contributed by atoms with Crippen molar-refractivity contribution in [3.8, 4) is 64.0 Å². The van der Waals surface area contributed by atoms with Gasteiger partial charge in [-0.3, -0.25) is 0 Å². The van der Waals surface area contributed by atoms with Gasteiger partial charge in [0.15, 0.2) is 0 Å². The van der Waals surface area contributed by atoms with E-state index in [4.69, 9.17) is 0 Å². The molecule has 7 rings (SSSR count). The molecule has 0 nitrogen and oxygen atoms in total. The van der Waals surface area contributed by atoms with Crippen molar-refractivity contribution in [2.75, 3.05) is 0 Å². The molecule has 0 radical (unpaired) electrons. The second-order valence-corrected chi connectivity index (χ2v) is 19.8. The summed E-state index contributed by atoms with van der Waals surface area (Å²) in [6.07, 6.45) is 0. The first-order valence-electron chi connectivity index (χ1n) is 14.5. The van der Waals surface area contributed by atoms with Crippen LogP contribution in [0.3, 0.4) is 0 Å². The van der Waals surface area contributed by atoms with Crippen LogP contribution in [0.1, 0.15) is 19.5 Å². The van der Waals surface area contributed by atoms with Crippen LogP contribution in [0.15, 0.2) is 103 Å². The molecule has 0 fully saturated rings. The van der Waals surface area contributed by atoms with Crippen LogP contribution >= 0.6 is 109 Å². The van der Waals surface area contributed by atoms with E-state index >= 15 is 0 Å². The lowest BCUT2D eigenvalue weighted by atomic mass is 9.94. The number of rotatable bonds is 6. The number of aryl methyl sites for hydroxylation is 4. The third kappa shape index (κ3) is 6.41. The molecule has 230 valence electrons. The van der Waals surface area contributed by atoms with Gasteiger partial charge in [0, 0.05) is 79.2 Å². The van der Waals surface area contributed by atoms with Crippen LogP contribution in [0.5, 0.6) is 0 Å². The Morgan fingerprint density at radius 1 is 0.304 bits per heavy atom. The lowest BCUT2D eigenvalue weighted by molar-refractivity contribution is 1.51. The van der Waals surface area contributed by atoms with Crippen molar-refractivity contribution >= 4 is 109 Å². The monoisotopic (exact) mass is 926 g/mol. The van der Waals surface area contributed by atoms with Crippen LogP contribution in [0.4, 0.5) is 0 Å². The van der Waals surface area contributed by atoms with E-state index in [0.29, 0.717) is 0 Å². The predicted molar refractivity (Wildman–Crippen MR) is 220 cm³/mol. The molecular formula is C38H26Br4S4. The fourth-order valence-corrected chi connectivity index (χ4v) is 11.5. The highest BCUT2D eigenvalue weighted by Gasteiger charge is 2.21. The van der Waals surface area contributed by atoms with E-state index in [-0.39, 0.29) is 0 Å². The summed E-state index contributed by atoms with van der Waals surface area (Å²) >= 11 is 23.3. The average molecular weight is 931 g/mol. The van der Waals surface area contributed by atoms with Crippen molar-refractivity contribution in [2.24, 2.45) is 0 Å². The van der Waals surface area contributed by atoms with Gasteiger partial charge >= 0.3 is 0 Å². The van der Waals surface area contributed by atoms with Gasteiger partial charge in [-0.05, 0) is 135 Å². The van der Waals surface area contributed by atoms with Gasteiger partial charge < -0.3 is 0 Å². The van der Waals surface area contributed by atoms with Crippen LogP contribution in [0.25, 0.3) is 64.0 Å². The first-order chi connectivity index (χ1) is 22.0. The third-order valence-electron chi connectivity index (χ3n) is 7.87. The maximum Gasteiger partial charge on any atom is 0.0352 e. The summed E-state index contributed by atoms with van der Waals surface area (Å²) < 4.78 is 4.21. The second-order valence-electron chi connectivity index (χ2n) is 11.2. The fourth-order valence-electron chi connectivity index (χ4n) is 5.65. The molecule has 0 saturated heterocycles. The van der Waals surface area contributed by atoms with Gasteiger partial charge in [0.2, 0.25) is 0 Å². The number of hydrogen-bond donors (Lipinski definition) is 0. The quantitative estimate of drug-likeness (QED) is 0.156. The summed E-state index contributed by atoms with van der Waals surface area (Å²) in [5, 5.41) is 0. The number of thiophene rings is 4. The molecule has 0 aliphatic carbocycles. The Labute approximate surface area is 319 Å². The molecule has 4 aromatic heterocycles. The van der Waals surface area contributed by atoms with Gasteiger partial charge in [0.25, 0.3) is 0 Å². The minimum atomic E-state index is 1.04. The zero-order valence-corrected chi connectivity index (χ0v) is 34.8. The Balaban J connectivity index is 1.37. The van der Waals surface area contributed by atoms with Crippen molar-refractivity contribution in [1.29, 1.82) is 0 Å². The van der Waals surface area contributed by atoms with Crippen molar-refractivity contribution < 1.29 is 0 Å². The summed E-state index contributed by atoms with van der Waals surface area (Å²) in [6.45, 7) is 8.68. The lowest BCUT2D eigenvalue weighted by Gasteiger charge is -2.17. The van der Waals surface area contributed by atoms with Gasteiger partial charge in [-0.15, -0.1) is 45.3 Å². The zero-order valence-electron chi connectivity index (χ0n) is 25.2. The topological polar surface area (TPSA) is 0 Å². The molecule has 0 bridgehead atoms. The Hall–Kier alpha value is -1.62. The second kappa shape index (κ2) is 13.4. The predicted octanol–water partition coefficient (Wildman–Crippen LogP) is 16.2. The van der Waals surface area contributed by atoms with Crippen LogP contribution in [0.2, 0.25) is 0 Å². The minimum absolute atomic E-state index is 1.04. The molecule has 8 heteroatoms. The Bertz CT molecular complexity index is 2100. The molecule has 3 aromatic carbocycles. The summed E-state index contributed by atoms with van der Waals surface area (Å²) in [4.78, 5) is 10.4. The van der Waals surface area contributed by atoms with Crippen LogP contribution in [0, 0.1) is 27.7 Å². The van der Waals surface area contributed by atoms with Crippen molar-refractivity contribution in [2.45, 2.75) is 27.7 Å². The van der Waals surface area contributed by atoms with Gasteiger partial charge in [-0.1, -0.05) is 63.7 Å². The van der Waals surface area contributed by atoms with E-state index in [2.05, 4.69) is 176 Å². The molecular weight excluding hydrogens is 904 g/mol. The summed E-state index contributed by atoms with van der Waals surface area (Å²) in [5.74, 6) is 0. The SMILES string of the molecule is Cc1ccc(-c2cc(Br)c(-c3cc(Br)c(-c4cc(-c5ccc(C)s5)c(-c5ccc(C)s5)cc4Br)cc3Br)cc2-c2ccc(C)s2)s1. The molecule has 46 heavy (non-hydrogen) atoms. The largest absolute Gasteiger partial charge is 0.141 e. The summed E-state index contributed by atoms with van der Waals surface area (Å²) in [6, 6.07) is 31.5. The number of hydrogen-bond acceptors (Lipinski definition) is 4. The van der Waals surface area contributed by atoms with Crippen molar-refractivity contribution in [3.05, 3.63) is 122 Å². The molecule has 0 saturated carbocycles. The molecule has 0 unspecified atom stereocenters. The van der Waals surface area contributed by atoms with Crippen LogP contribution in [-0.4, -0.2) is 0 Å². The molecule has 0 spiro atoms. The molecule has 0 aliphatic heterocycles. The fraction of sp³-hybridized carbons (Fsp3) is 0.105. The van der Waals surface area contributed by atoms with Crippen LogP contribution in [-0.2, 0) is 0 Å². The Morgan fingerprint density at radius 3 is 0.761 bits per heavy atom. The molecule has 0 N–H and O–H groups in total. The van der Waals surface area contributed by atoms with Gasteiger partial charge in [-0.2, -0.15) is 0 Å². The Kier molecular flexibility index (Phi) is 9.55. The Morgan fingerprint density at radius 2 is 0.522 bits per heavy atom. The molecule has 7 aromatic rings. The maximum absolute atomic E-state index is 4.00. The zero-order chi connectivity index (χ0) is 32.3. The maximum atomic E-state index is 4.00. The number of benzene rings is 3. The van der Waals surface area contributed by atoms with Crippen LogP contribution < -0.4 is 0 Å². The standard InChI is InChI=1S/C38H26Br4S4/c1-19-5-9-35(43-19)27-13-23(33(41)17-29(27)37-11-7-21(3)45-37)25-15-32(40)26(16-31(25)39)24-14-28(36-10-6-20(2)44-36)30(18-34(24)42)38-12-8-22(4)46-38/h5-18H,1-4H3. The highest BCUT2D eigenvalue weighted by Crippen LogP contribution is 2.49. The molecule has 0 aliphatic rings. The smallest absolute Gasteiger partial charge is 0.0352 e. The first-order valence-corrected chi connectivity index (χ1v) is 20.9. The molecule has 0 amide bonds. The van der Waals surface area contributed by atoms with Gasteiger partial charge in [0.1, 0.15) is 0 Å². The van der Waals surface area contributed by atoms with E-state index in [1.807, 2.05) is 45.3 Å².